The van der Waals surface area contributed by atoms with Crippen molar-refractivity contribution in [3.63, 3.8) is 0 Å². The normalized spacial score (nSPS) is 11.9. The van der Waals surface area contributed by atoms with Crippen LogP contribution in [0.4, 0.5) is 8.78 Å². The summed E-state index contributed by atoms with van der Waals surface area (Å²) in [5.41, 5.74) is 0. The van der Waals surface area contributed by atoms with Gasteiger partial charge in [-0.05, 0) is 0 Å². The Morgan fingerprint density at radius 3 is 1.35 bits per heavy atom. The Morgan fingerprint density at radius 1 is 0.824 bits per heavy atom. The maximum absolute atomic E-state index is 12.5. The van der Waals surface area contributed by atoms with Crippen LogP contribution in [0.1, 0.15) is 0 Å². The molecule has 0 spiro atoms. The molecule has 0 heterocycles. The fourth-order valence-corrected chi connectivity index (χ4v) is 0.516. The summed E-state index contributed by atoms with van der Waals surface area (Å²) in [6.07, 6.45) is -0.428. The van der Waals surface area contributed by atoms with Crippen LogP contribution in [0, 0.1) is 0 Å². The lowest BCUT2D eigenvalue weighted by Crippen LogP contribution is -2.14. The molecule has 9 heteroatoms. The van der Waals surface area contributed by atoms with Crippen LogP contribution in [-0.2, 0) is 23.9 Å². The summed E-state index contributed by atoms with van der Waals surface area (Å²) in [7, 11) is 0. The van der Waals surface area contributed by atoms with Crippen LogP contribution in [0.25, 0.3) is 0 Å². The summed E-state index contributed by atoms with van der Waals surface area (Å²) in [6, 6.07) is 0. The SMILES string of the molecule is O=C(O)/C=C(\F)C(=O)OC(=O)/C(F)=C/C(=O)O. The largest absolute Gasteiger partial charge is 0.478 e. The van der Waals surface area contributed by atoms with Gasteiger partial charge in [0, 0.05) is 0 Å². The van der Waals surface area contributed by atoms with E-state index in [2.05, 4.69) is 4.74 Å². The molecular weight excluding hydrogens is 246 g/mol. The molecule has 0 amide bonds. The van der Waals surface area contributed by atoms with Gasteiger partial charge in [-0.15, -0.1) is 0 Å². The molecule has 0 rings (SSSR count). The zero-order valence-electron chi connectivity index (χ0n) is 7.85. The van der Waals surface area contributed by atoms with Crippen LogP contribution in [0.5, 0.6) is 0 Å². The molecule has 0 aromatic heterocycles. The third-order valence-corrected chi connectivity index (χ3v) is 1.08. The van der Waals surface area contributed by atoms with Crippen molar-refractivity contribution in [1.29, 1.82) is 0 Å². The van der Waals surface area contributed by atoms with Gasteiger partial charge >= 0.3 is 23.9 Å². The average molecular weight is 250 g/mol. The minimum absolute atomic E-state index is 0.214. The van der Waals surface area contributed by atoms with E-state index in [1.165, 1.54) is 0 Å². The summed E-state index contributed by atoms with van der Waals surface area (Å²) < 4.78 is 28.5. The average Bonchev–Trinajstić information content (AvgIpc) is 2.15. The first kappa shape index (κ1) is 14.4. The Kier molecular flexibility index (Phi) is 5.18. The topological polar surface area (TPSA) is 118 Å². The molecule has 0 saturated carbocycles. The van der Waals surface area contributed by atoms with Crippen molar-refractivity contribution in [2.24, 2.45) is 0 Å². The van der Waals surface area contributed by atoms with E-state index < -0.39 is 35.5 Å². The van der Waals surface area contributed by atoms with Gasteiger partial charge < -0.3 is 14.9 Å². The Hall–Kier alpha value is -2.58. The van der Waals surface area contributed by atoms with Gasteiger partial charge in [0.2, 0.25) is 11.7 Å². The maximum atomic E-state index is 12.5. The Bertz CT molecular complexity index is 395. The molecule has 0 saturated heterocycles. The van der Waals surface area contributed by atoms with Crippen molar-refractivity contribution in [2.45, 2.75) is 0 Å². The minimum atomic E-state index is -2.05. The number of esters is 2. The summed E-state index contributed by atoms with van der Waals surface area (Å²) in [6.45, 7) is 0. The summed E-state index contributed by atoms with van der Waals surface area (Å²) in [4.78, 5) is 41.0. The molecule has 17 heavy (non-hydrogen) atoms. The number of hydrogen-bond acceptors (Lipinski definition) is 5. The fourth-order valence-electron chi connectivity index (χ4n) is 0.516. The molecule has 2 N–H and O–H groups in total. The van der Waals surface area contributed by atoms with E-state index in [0.29, 0.717) is 0 Å². The van der Waals surface area contributed by atoms with Gasteiger partial charge in [-0.1, -0.05) is 0 Å². The number of carboxylic acid groups (broad SMARTS) is 2. The molecule has 0 aliphatic rings. The van der Waals surface area contributed by atoms with Crippen LogP contribution in [0.15, 0.2) is 23.8 Å². The highest BCUT2D eigenvalue weighted by atomic mass is 19.1. The highest BCUT2D eigenvalue weighted by molar-refractivity contribution is 6.03. The van der Waals surface area contributed by atoms with Crippen LogP contribution in [0.2, 0.25) is 0 Å². The molecule has 0 radical (unpaired) electrons. The van der Waals surface area contributed by atoms with Gasteiger partial charge in [0.1, 0.15) is 0 Å². The van der Waals surface area contributed by atoms with Crippen LogP contribution >= 0.6 is 0 Å². The summed E-state index contributed by atoms with van der Waals surface area (Å²) >= 11 is 0. The summed E-state index contributed by atoms with van der Waals surface area (Å²) in [5, 5.41) is 16.0. The minimum Gasteiger partial charge on any atom is -0.478 e. The second-order valence-corrected chi connectivity index (χ2v) is 2.34. The lowest BCUT2D eigenvalue weighted by Gasteiger charge is -1.97. The number of carbonyl (C=O) groups excluding carboxylic acids is 2. The highest BCUT2D eigenvalue weighted by Crippen LogP contribution is 2.05. The fraction of sp³-hybridized carbons (Fsp3) is 0. The number of rotatable bonds is 4. The number of carboxylic acids is 2. The first-order chi connectivity index (χ1) is 7.73. The molecular formula is C8H4F2O7. The van der Waals surface area contributed by atoms with Crippen molar-refractivity contribution in [3.8, 4) is 0 Å². The first-order valence-corrected chi connectivity index (χ1v) is 3.70. The quantitative estimate of drug-likeness (QED) is 0.407. The zero-order valence-corrected chi connectivity index (χ0v) is 7.85. The second-order valence-electron chi connectivity index (χ2n) is 2.34. The third kappa shape index (κ3) is 5.77. The van der Waals surface area contributed by atoms with E-state index >= 15 is 0 Å². The number of hydrogen-bond donors (Lipinski definition) is 2. The first-order valence-electron chi connectivity index (χ1n) is 3.70. The predicted molar refractivity (Wildman–Crippen MR) is 44.8 cm³/mol. The van der Waals surface area contributed by atoms with Gasteiger partial charge in [0.25, 0.3) is 0 Å². The van der Waals surface area contributed by atoms with E-state index in [1.807, 2.05) is 0 Å². The number of carbonyl (C=O) groups is 4. The smallest absolute Gasteiger partial charge is 0.375 e. The Balaban J connectivity index is 4.67. The number of aliphatic carboxylic acids is 2. The Labute approximate surface area is 91.6 Å². The van der Waals surface area contributed by atoms with Crippen molar-refractivity contribution in [3.05, 3.63) is 23.8 Å². The third-order valence-electron chi connectivity index (χ3n) is 1.08. The maximum Gasteiger partial charge on any atom is 0.375 e. The van der Waals surface area contributed by atoms with E-state index in [0.717, 1.165) is 0 Å². The van der Waals surface area contributed by atoms with E-state index in [9.17, 15) is 28.0 Å². The predicted octanol–water partition coefficient (Wildman–Crippen LogP) is -0.0678. The second kappa shape index (κ2) is 6.10. The molecule has 0 unspecified atom stereocenters. The molecule has 0 atom stereocenters. The van der Waals surface area contributed by atoms with Gasteiger partial charge in [0.15, 0.2) is 0 Å². The number of ether oxygens (including phenoxy) is 1. The summed E-state index contributed by atoms with van der Waals surface area (Å²) in [5.74, 6) is -11.7. The van der Waals surface area contributed by atoms with E-state index in [1.54, 1.807) is 0 Å². The van der Waals surface area contributed by atoms with Gasteiger partial charge in [0.05, 0.1) is 12.2 Å². The van der Waals surface area contributed by atoms with Crippen LogP contribution in [-0.4, -0.2) is 34.1 Å². The van der Waals surface area contributed by atoms with Crippen molar-refractivity contribution in [2.75, 3.05) is 0 Å². The van der Waals surface area contributed by atoms with Gasteiger partial charge in [-0.25, -0.2) is 19.2 Å². The standard InChI is InChI=1S/C8H4F2O7/c9-3(1-5(11)12)7(15)17-8(16)4(10)2-6(13)14/h1-2H,(H,11,12)(H,13,14)/b3-1-,4-2-. The van der Waals surface area contributed by atoms with E-state index in [-0.39, 0.29) is 12.2 Å². The molecule has 0 aromatic rings. The zero-order chi connectivity index (χ0) is 13.6. The van der Waals surface area contributed by atoms with Crippen LogP contribution in [0.3, 0.4) is 0 Å². The molecule has 0 aliphatic carbocycles. The van der Waals surface area contributed by atoms with Crippen molar-refractivity contribution < 1.29 is 42.9 Å². The molecule has 7 nitrogen and oxygen atoms in total. The van der Waals surface area contributed by atoms with Crippen molar-refractivity contribution >= 4 is 23.9 Å². The Morgan fingerprint density at radius 2 is 1.12 bits per heavy atom. The lowest BCUT2D eigenvalue weighted by molar-refractivity contribution is -0.156. The van der Waals surface area contributed by atoms with Gasteiger partial charge in [-0.2, -0.15) is 8.78 Å². The monoisotopic (exact) mass is 250 g/mol. The molecule has 0 fully saturated rings. The molecule has 0 aromatic carbocycles. The molecule has 92 valence electrons. The van der Waals surface area contributed by atoms with Crippen LogP contribution < -0.4 is 0 Å². The molecule has 0 bridgehead atoms. The van der Waals surface area contributed by atoms with E-state index in [4.69, 9.17) is 10.2 Å². The van der Waals surface area contributed by atoms with Crippen molar-refractivity contribution in [1.82, 2.24) is 0 Å². The lowest BCUT2D eigenvalue weighted by atomic mass is 10.4. The van der Waals surface area contributed by atoms with Gasteiger partial charge in [-0.3, -0.25) is 0 Å². The molecule has 0 aliphatic heterocycles. The number of halogens is 2. The highest BCUT2D eigenvalue weighted by Gasteiger charge is 2.20.